The van der Waals surface area contributed by atoms with Gasteiger partial charge in [0, 0.05) is 19.2 Å². The standard InChI is InChI=1S/C13H20N2O5S/c1-13(2,3)12(9-16)14(4)21(19,20)11-7-5-10(6-8-11)15(17)18/h5-8,12,16H,9H2,1-4H3. The van der Waals surface area contributed by atoms with Crippen molar-refractivity contribution in [1.82, 2.24) is 4.31 Å². The lowest BCUT2D eigenvalue weighted by molar-refractivity contribution is -0.384. The largest absolute Gasteiger partial charge is 0.395 e. The fourth-order valence-electron chi connectivity index (χ4n) is 2.01. The molecular weight excluding hydrogens is 296 g/mol. The fraction of sp³-hybridized carbons (Fsp3) is 0.538. The minimum Gasteiger partial charge on any atom is -0.395 e. The molecule has 0 bridgehead atoms. The van der Waals surface area contributed by atoms with Gasteiger partial charge in [0.25, 0.3) is 5.69 Å². The number of non-ortho nitro benzene ring substituents is 1. The summed E-state index contributed by atoms with van der Waals surface area (Å²) in [6.07, 6.45) is 0. The molecule has 0 aliphatic carbocycles. The molecular formula is C13H20N2O5S. The molecule has 0 heterocycles. The van der Waals surface area contributed by atoms with E-state index >= 15 is 0 Å². The summed E-state index contributed by atoms with van der Waals surface area (Å²) < 4.78 is 26.1. The highest BCUT2D eigenvalue weighted by molar-refractivity contribution is 7.89. The lowest BCUT2D eigenvalue weighted by Gasteiger charge is -2.35. The van der Waals surface area contributed by atoms with Gasteiger partial charge in [-0.15, -0.1) is 0 Å². The van der Waals surface area contributed by atoms with Gasteiger partial charge in [-0.3, -0.25) is 10.1 Å². The monoisotopic (exact) mass is 316 g/mol. The third-order valence-electron chi connectivity index (χ3n) is 3.34. The van der Waals surface area contributed by atoms with Crippen LogP contribution in [0.4, 0.5) is 5.69 Å². The number of rotatable bonds is 5. The number of sulfonamides is 1. The first kappa shape index (κ1) is 17.5. The molecule has 0 saturated heterocycles. The number of aliphatic hydroxyl groups excluding tert-OH is 1. The summed E-state index contributed by atoms with van der Waals surface area (Å²) in [5, 5.41) is 20.1. The van der Waals surface area contributed by atoms with E-state index in [1.165, 1.54) is 19.2 Å². The SMILES string of the molecule is CN(C(CO)C(C)(C)C)S(=O)(=O)c1ccc([N+](=O)[O-])cc1. The van der Waals surface area contributed by atoms with Gasteiger partial charge in [-0.2, -0.15) is 4.31 Å². The first-order chi connectivity index (χ1) is 9.51. The van der Waals surface area contributed by atoms with Crippen molar-refractivity contribution in [3.8, 4) is 0 Å². The van der Waals surface area contributed by atoms with Gasteiger partial charge < -0.3 is 5.11 Å². The number of nitro groups is 1. The van der Waals surface area contributed by atoms with Crippen molar-refractivity contribution in [3.63, 3.8) is 0 Å². The molecule has 0 aromatic heterocycles. The number of hydrogen-bond donors (Lipinski definition) is 1. The van der Waals surface area contributed by atoms with E-state index in [0.717, 1.165) is 16.4 Å². The first-order valence-corrected chi connectivity index (χ1v) is 7.79. The highest BCUT2D eigenvalue weighted by atomic mass is 32.2. The molecule has 1 aromatic rings. The number of likely N-dealkylation sites (N-methyl/N-ethyl adjacent to an activating group) is 1. The van der Waals surface area contributed by atoms with E-state index < -0.39 is 26.4 Å². The average molecular weight is 316 g/mol. The number of hydrogen-bond acceptors (Lipinski definition) is 5. The quantitative estimate of drug-likeness (QED) is 0.657. The molecule has 0 spiro atoms. The summed E-state index contributed by atoms with van der Waals surface area (Å²) in [5.41, 5.74) is -0.622. The average Bonchev–Trinajstić information content (AvgIpc) is 2.37. The van der Waals surface area contributed by atoms with Crippen LogP contribution in [-0.2, 0) is 10.0 Å². The number of nitro benzene ring substituents is 1. The van der Waals surface area contributed by atoms with E-state index in [1.807, 2.05) is 20.8 Å². The summed E-state index contributed by atoms with van der Waals surface area (Å²) in [7, 11) is -2.43. The molecule has 118 valence electrons. The summed E-state index contributed by atoms with van der Waals surface area (Å²) in [4.78, 5) is 9.96. The number of aliphatic hydroxyl groups is 1. The molecule has 1 unspecified atom stereocenters. The van der Waals surface area contributed by atoms with Gasteiger partial charge in [0.1, 0.15) is 0 Å². The summed E-state index contributed by atoms with van der Waals surface area (Å²) in [5.74, 6) is 0. The van der Waals surface area contributed by atoms with Crippen LogP contribution in [0.5, 0.6) is 0 Å². The minimum atomic E-state index is -3.83. The van der Waals surface area contributed by atoms with Crippen LogP contribution in [0.1, 0.15) is 20.8 Å². The van der Waals surface area contributed by atoms with E-state index in [2.05, 4.69) is 0 Å². The van der Waals surface area contributed by atoms with Gasteiger partial charge in [-0.1, -0.05) is 20.8 Å². The van der Waals surface area contributed by atoms with Crippen molar-refractivity contribution in [2.75, 3.05) is 13.7 Å². The van der Waals surface area contributed by atoms with Crippen LogP contribution in [0, 0.1) is 15.5 Å². The Labute approximate surface area is 124 Å². The van der Waals surface area contributed by atoms with Crippen molar-refractivity contribution in [2.45, 2.75) is 31.7 Å². The fourth-order valence-corrected chi connectivity index (χ4v) is 3.54. The van der Waals surface area contributed by atoms with E-state index in [4.69, 9.17) is 0 Å². The highest BCUT2D eigenvalue weighted by Crippen LogP contribution is 2.28. The second-order valence-corrected chi connectivity index (χ2v) is 7.83. The van der Waals surface area contributed by atoms with Crippen LogP contribution in [0.25, 0.3) is 0 Å². The Morgan fingerprint density at radius 3 is 2.10 bits per heavy atom. The molecule has 21 heavy (non-hydrogen) atoms. The smallest absolute Gasteiger partial charge is 0.269 e. The van der Waals surface area contributed by atoms with Crippen molar-refractivity contribution in [2.24, 2.45) is 5.41 Å². The van der Waals surface area contributed by atoms with Crippen LogP contribution >= 0.6 is 0 Å². The third kappa shape index (κ3) is 3.78. The first-order valence-electron chi connectivity index (χ1n) is 6.35. The Balaban J connectivity index is 3.18. The Hall–Kier alpha value is -1.51. The van der Waals surface area contributed by atoms with Crippen LogP contribution in [0.2, 0.25) is 0 Å². The normalized spacial score (nSPS) is 14.2. The van der Waals surface area contributed by atoms with Crippen LogP contribution in [-0.4, -0.2) is 42.4 Å². The maximum absolute atomic E-state index is 12.5. The summed E-state index contributed by atoms with van der Waals surface area (Å²) in [6, 6.07) is 4.08. The Morgan fingerprint density at radius 2 is 1.76 bits per heavy atom. The summed E-state index contributed by atoms with van der Waals surface area (Å²) >= 11 is 0. The zero-order valence-corrected chi connectivity index (χ0v) is 13.3. The molecule has 0 radical (unpaired) electrons. The van der Waals surface area contributed by atoms with Crippen LogP contribution in [0.3, 0.4) is 0 Å². The van der Waals surface area contributed by atoms with Crippen molar-refractivity contribution < 1.29 is 18.4 Å². The second-order valence-electron chi connectivity index (χ2n) is 5.84. The lowest BCUT2D eigenvalue weighted by Crippen LogP contribution is -2.47. The van der Waals surface area contributed by atoms with Crippen molar-refractivity contribution in [3.05, 3.63) is 34.4 Å². The molecule has 1 aromatic carbocycles. The molecule has 0 amide bonds. The summed E-state index contributed by atoms with van der Waals surface area (Å²) in [6.45, 7) is 5.17. The van der Waals surface area contributed by atoms with E-state index in [-0.39, 0.29) is 17.2 Å². The van der Waals surface area contributed by atoms with Gasteiger partial charge in [-0.25, -0.2) is 8.42 Å². The zero-order chi connectivity index (χ0) is 16.4. The van der Waals surface area contributed by atoms with Gasteiger partial charge in [0.15, 0.2) is 0 Å². The topological polar surface area (TPSA) is 101 Å². The Bertz CT molecular complexity index is 604. The van der Waals surface area contributed by atoms with E-state index in [0.29, 0.717) is 0 Å². The van der Waals surface area contributed by atoms with Gasteiger partial charge in [0.05, 0.1) is 22.5 Å². The second kappa shape index (κ2) is 6.08. The molecule has 0 fully saturated rings. The van der Waals surface area contributed by atoms with Gasteiger partial charge in [0.2, 0.25) is 10.0 Å². The molecule has 0 saturated carbocycles. The number of nitrogens with zero attached hydrogens (tertiary/aromatic N) is 2. The molecule has 8 heteroatoms. The maximum Gasteiger partial charge on any atom is 0.269 e. The predicted molar refractivity (Wildman–Crippen MR) is 78.4 cm³/mol. The zero-order valence-electron chi connectivity index (χ0n) is 12.5. The lowest BCUT2D eigenvalue weighted by atomic mass is 9.87. The third-order valence-corrected chi connectivity index (χ3v) is 5.22. The Kier molecular flexibility index (Phi) is 5.08. The van der Waals surface area contributed by atoms with Crippen LogP contribution < -0.4 is 0 Å². The maximum atomic E-state index is 12.5. The highest BCUT2D eigenvalue weighted by Gasteiger charge is 2.35. The van der Waals surface area contributed by atoms with Crippen molar-refractivity contribution in [1.29, 1.82) is 0 Å². The Morgan fingerprint density at radius 1 is 1.29 bits per heavy atom. The molecule has 1 rings (SSSR count). The van der Waals surface area contributed by atoms with Gasteiger partial charge in [-0.05, 0) is 17.5 Å². The molecule has 0 aliphatic rings. The van der Waals surface area contributed by atoms with E-state index in [9.17, 15) is 23.6 Å². The predicted octanol–water partition coefficient (Wildman–Crippen LogP) is 1.62. The van der Waals surface area contributed by atoms with Crippen molar-refractivity contribution >= 4 is 15.7 Å². The molecule has 1 N–H and O–H groups in total. The van der Waals surface area contributed by atoms with Crippen LogP contribution in [0.15, 0.2) is 29.2 Å². The molecule has 7 nitrogen and oxygen atoms in total. The molecule has 1 atom stereocenters. The minimum absolute atomic E-state index is 0.0432. The van der Waals surface area contributed by atoms with E-state index in [1.54, 1.807) is 0 Å². The molecule has 0 aliphatic heterocycles. The number of benzene rings is 1. The van der Waals surface area contributed by atoms with Gasteiger partial charge >= 0.3 is 0 Å².